The lowest BCUT2D eigenvalue weighted by molar-refractivity contribution is -0.137. The van der Waals surface area contributed by atoms with Crippen LogP contribution < -0.4 is 4.90 Å². The van der Waals surface area contributed by atoms with Crippen molar-refractivity contribution in [2.45, 2.75) is 38.8 Å². The van der Waals surface area contributed by atoms with Gasteiger partial charge < -0.3 is 14.5 Å². The van der Waals surface area contributed by atoms with E-state index in [0.717, 1.165) is 25.0 Å². The molecule has 0 N–H and O–H groups in total. The van der Waals surface area contributed by atoms with Crippen LogP contribution in [0.5, 0.6) is 0 Å². The molecular formula is C20H25F3N2O3. The van der Waals surface area contributed by atoms with Crippen molar-refractivity contribution in [1.29, 1.82) is 0 Å². The van der Waals surface area contributed by atoms with Gasteiger partial charge in [-0.15, -0.1) is 0 Å². The van der Waals surface area contributed by atoms with E-state index in [4.69, 9.17) is 4.74 Å². The van der Waals surface area contributed by atoms with Crippen molar-refractivity contribution < 1.29 is 27.5 Å². The predicted octanol–water partition coefficient (Wildman–Crippen LogP) is 3.72. The average molecular weight is 398 g/mol. The summed E-state index contributed by atoms with van der Waals surface area (Å²) in [4.78, 5) is 27.9. The Morgan fingerprint density at radius 3 is 2.64 bits per heavy atom. The van der Waals surface area contributed by atoms with Crippen LogP contribution in [0.3, 0.4) is 0 Å². The molecule has 1 atom stereocenters. The molecule has 1 aromatic carbocycles. The Balaban J connectivity index is 1.87. The largest absolute Gasteiger partial charge is 0.416 e. The van der Waals surface area contributed by atoms with Gasteiger partial charge in [-0.2, -0.15) is 13.2 Å². The molecular weight excluding hydrogens is 373 g/mol. The van der Waals surface area contributed by atoms with Crippen LogP contribution in [0.25, 0.3) is 0 Å². The fraction of sp³-hybridized carbons (Fsp3) is 0.600. The number of benzene rings is 1. The van der Waals surface area contributed by atoms with Crippen molar-refractivity contribution in [3.8, 4) is 0 Å². The third kappa shape index (κ3) is 4.66. The number of hydrogen-bond acceptors (Lipinski definition) is 3. The van der Waals surface area contributed by atoms with Crippen LogP contribution in [0.15, 0.2) is 18.2 Å². The fourth-order valence-electron chi connectivity index (χ4n) is 3.83. The van der Waals surface area contributed by atoms with E-state index in [-0.39, 0.29) is 23.1 Å². The zero-order chi connectivity index (χ0) is 20.3. The summed E-state index contributed by atoms with van der Waals surface area (Å²) in [6.45, 7) is 4.37. The maximum Gasteiger partial charge on any atom is 0.416 e. The molecule has 1 unspecified atom stereocenters. The summed E-state index contributed by atoms with van der Waals surface area (Å²) >= 11 is 0. The van der Waals surface area contributed by atoms with E-state index in [2.05, 4.69) is 0 Å². The molecule has 0 bridgehead atoms. The highest BCUT2D eigenvalue weighted by Crippen LogP contribution is 2.34. The molecule has 0 aliphatic carbocycles. The first-order chi connectivity index (χ1) is 13.3. The summed E-state index contributed by atoms with van der Waals surface area (Å²) < 4.78 is 45.6. The first-order valence-corrected chi connectivity index (χ1v) is 9.69. The first kappa shape index (κ1) is 20.6. The van der Waals surface area contributed by atoms with Crippen molar-refractivity contribution in [3.63, 3.8) is 0 Å². The number of halogens is 3. The molecule has 3 rings (SSSR count). The normalized spacial score (nSPS) is 20.7. The van der Waals surface area contributed by atoms with Gasteiger partial charge in [0, 0.05) is 43.9 Å². The minimum atomic E-state index is -4.59. The highest BCUT2D eigenvalue weighted by molar-refractivity contribution is 5.99. The summed E-state index contributed by atoms with van der Waals surface area (Å²) in [6, 6.07) is 3.25. The second-order valence-electron chi connectivity index (χ2n) is 7.33. The molecule has 154 valence electrons. The van der Waals surface area contributed by atoms with Gasteiger partial charge in [0.25, 0.3) is 5.91 Å². The lowest BCUT2D eigenvalue weighted by Gasteiger charge is -2.33. The maximum absolute atomic E-state index is 13.4. The second-order valence-corrected chi connectivity index (χ2v) is 7.33. The van der Waals surface area contributed by atoms with Crippen LogP contribution in [0.4, 0.5) is 18.9 Å². The van der Waals surface area contributed by atoms with Gasteiger partial charge in [0.15, 0.2) is 0 Å². The number of piperidine rings is 1. The van der Waals surface area contributed by atoms with Gasteiger partial charge >= 0.3 is 6.18 Å². The number of hydrogen-bond donors (Lipinski definition) is 0. The van der Waals surface area contributed by atoms with E-state index in [9.17, 15) is 22.8 Å². The van der Waals surface area contributed by atoms with Gasteiger partial charge in [-0.25, -0.2) is 0 Å². The molecule has 0 spiro atoms. The maximum atomic E-state index is 13.4. The van der Waals surface area contributed by atoms with Gasteiger partial charge in [0.1, 0.15) is 0 Å². The minimum Gasteiger partial charge on any atom is -0.381 e. The fourth-order valence-corrected chi connectivity index (χ4v) is 3.83. The molecule has 2 aliphatic rings. The summed E-state index contributed by atoms with van der Waals surface area (Å²) in [5, 5.41) is 0. The quantitative estimate of drug-likeness (QED) is 0.760. The monoisotopic (exact) mass is 398 g/mol. The van der Waals surface area contributed by atoms with Crippen LogP contribution in [-0.4, -0.2) is 49.6 Å². The van der Waals surface area contributed by atoms with Crippen LogP contribution in [0, 0.1) is 5.92 Å². The number of amides is 2. The number of carbonyl (C=O) groups is 2. The topological polar surface area (TPSA) is 49.9 Å². The Morgan fingerprint density at radius 1 is 1.21 bits per heavy atom. The van der Waals surface area contributed by atoms with Crippen LogP contribution >= 0.6 is 0 Å². The molecule has 2 fully saturated rings. The van der Waals surface area contributed by atoms with Crippen molar-refractivity contribution in [3.05, 3.63) is 29.3 Å². The van der Waals surface area contributed by atoms with Crippen molar-refractivity contribution in [1.82, 2.24) is 4.90 Å². The highest BCUT2D eigenvalue weighted by Gasteiger charge is 2.34. The number of ether oxygens (including phenoxy) is 1. The van der Waals surface area contributed by atoms with E-state index in [1.165, 1.54) is 11.0 Å². The van der Waals surface area contributed by atoms with Gasteiger partial charge in [0.2, 0.25) is 5.91 Å². The zero-order valence-corrected chi connectivity index (χ0v) is 15.9. The van der Waals surface area contributed by atoms with Crippen molar-refractivity contribution in [2.75, 3.05) is 37.7 Å². The number of likely N-dealkylation sites (tertiary alicyclic amines) is 1. The van der Waals surface area contributed by atoms with Crippen LogP contribution in [-0.2, 0) is 15.7 Å². The number of nitrogens with zero attached hydrogens (tertiary/aromatic N) is 2. The molecule has 8 heteroatoms. The smallest absolute Gasteiger partial charge is 0.381 e. The summed E-state index contributed by atoms with van der Waals surface area (Å²) in [7, 11) is 0. The number of carbonyl (C=O) groups excluding carboxylic acids is 2. The van der Waals surface area contributed by atoms with E-state index < -0.39 is 17.6 Å². The zero-order valence-electron chi connectivity index (χ0n) is 15.9. The molecule has 0 radical (unpaired) electrons. The third-order valence-electron chi connectivity index (χ3n) is 5.24. The molecule has 2 amide bonds. The SMILES string of the molecule is CCOCC1CCCN(C(=O)c2cc(N3CCCC3=O)cc(C(F)(F)F)c2)C1. The highest BCUT2D eigenvalue weighted by atomic mass is 19.4. The second kappa shape index (κ2) is 8.51. The van der Waals surface area contributed by atoms with Gasteiger partial charge in [-0.05, 0) is 50.3 Å². The Morgan fingerprint density at radius 2 is 2.00 bits per heavy atom. The Hall–Kier alpha value is -2.09. The standard InChI is InChI=1S/C20H25F3N2O3/c1-2-28-13-14-5-3-7-24(12-14)19(27)15-9-16(20(21,22)23)11-17(10-15)25-8-4-6-18(25)26/h9-11,14H,2-8,12-13H2,1H3. The summed E-state index contributed by atoms with van der Waals surface area (Å²) in [5.41, 5.74) is -0.791. The van der Waals surface area contributed by atoms with Gasteiger partial charge in [0.05, 0.1) is 12.2 Å². The number of alkyl halides is 3. The van der Waals surface area contributed by atoms with E-state index >= 15 is 0 Å². The predicted molar refractivity (Wildman–Crippen MR) is 98.2 cm³/mol. The van der Waals surface area contributed by atoms with E-state index in [0.29, 0.717) is 45.7 Å². The van der Waals surface area contributed by atoms with Gasteiger partial charge in [-0.1, -0.05) is 0 Å². The Labute approximate surface area is 162 Å². The van der Waals surface area contributed by atoms with Crippen molar-refractivity contribution >= 4 is 17.5 Å². The molecule has 2 saturated heterocycles. The Kier molecular flexibility index (Phi) is 6.27. The molecule has 1 aromatic rings. The third-order valence-corrected chi connectivity index (χ3v) is 5.24. The van der Waals surface area contributed by atoms with E-state index in [1.54, 1.807) is 4.90 Å². The molecule has 2 heterocycles. The van der Waals surface area contributed by atoms with Crippen molar-refractivity contribution in [2.24, 2.45) is 5.92 Å². The Bertz CT molecular complexity index is 736. The number of anilines is 1. The lowest BCUT2D eigenvalue weighted by Crippen LogP contribution is -2.41. The molecule has 0 aromatic heterocycles. The summed E-state index contributed by atoms with van der Waals surface area (Å²) in [6.07, 6.45) is -1.96. The summed E-state index contributed by atoms with van der Waals surface area (Å²) in [5.74, 6) is -0.462. The molecule has 28 heavy (non-hydrogen) atoms. The van der Waals surface area contributed by atoms with Crippen LogP contribution in [0.1, 0.15) is 48.5 Å². The lowest BCUT2D eigenvalue weighted by atomic mass is 9.97. The number of rotatable bonds is 5. The van der Waals surface area contributed by atoms with Gasteiger partial charge in [-0.3, -0.25) is 9.59 Å². The molecule has 2 aliphatic heterocycles. The minimum absolute atomic E-state index is 0.0263. The average Bonchev–Trinajstić information content (AvgIpc) is 3.11. The molecule has 0 saturated carbocycles. The van der Waals surface area contributed by atoms with E-state index in [1.807, 2.05) is 6.92 Å². The first-order valence-electron chi connectivity index (χ1n) is 9.69. The van der Waals surface area contributed by atoms with Crippen LogP contribution in [0.2, 0.25) is 0 Å². The molecule has 5 nitrogen and oxygen atoms in total.